The third-order valence-corrected chi connectivity index (χ3v) is 5.68. The summed E-state index contributed by atoms with van der Waals surface area (Å²) in [5.41, 5.74) is 1.60. The van der Waals surface area contributed by atoms with Gasteiger partial charge in [0, 0.05) is 55.8 Å². The molecule has 1 fully saturated rings. The van der Waals surface area contributed by atoms with Gasteiger partial charge in [-0.3, -0.25) is 14.7 Å². The smallest absolute Gasteiger partial charge is 0.274 e. The maximum absolute atomic E-state index is 12.8. The zero-order chi connectivity index (χ0) is 20.9. The van der Waals surface area contributed by atoms with Crippen LogP contribution in [-0.2, 0) is 13.3 Å². The zero-order valence-electron chi connectivity index (χ0n) is 16.2. The van der Waals surface area contributed by atoms with Crippen molar-refractivity contribution >= 4 is 33.4 Å². The fraction of sp³-hybridized carbons (Fsp3) is 0.286. The van der Waals surface area contributed by atoms with Crippen LogP contribution in [0.5, 0.6) is 5.75 Å². The number of carbonyl (C=O) groups excluding carboxylic acids is 1. The van der Waals surface area contributed by atoms with E-state index in [2.05, 4.69) is 37.0 Å². The second kappa shape index (κ2) is 9.59. The number of benzene rings is 1. The number of hydrogen-bond donors (Lipinski definition) is 0. The minimum atomic E-state index is -0.0588. The molecule has 0 N–H and O–H groups in total. The normalized spacial score (nSPS) is 14.7. The number of carbonyl (C=O) groups is 1. The number of pyridine rings is 1. The van der Waals surface area contributed by atoms with Crippen LogP contribution in [-0.4, -0.2) is 56.7 Å². The maximum Gasteiger partial charge on any atom is 0.274 e. The van der Waals surface area contributed by atoms with Crippen LogP contribution in [0, 0.1) is 0 Å². The van der Waals surface area contributed by atoms with Crippen LogP contribution in [0.25, 0.3) is 0 Å². The summed E-state index contributed by atoms with van der Waals surface area (Å²) >= 11 is 9.53. The molecule has 0 aliphatic carbocycles. The molecule has 0 bridgehead atoms. The Bertz CT molecular complexity index is 1010. The molecule has 1 amide bonds. The Morgan fingerprint density at radius 1 is 1.17 bits per heavy atom. The van der Waals surface area contributed by atoms with E-state index >= 15 is 0 Å². The van der Waals surface area contributed by atoms with Gasteiger partial charge in [-0.15, -0.1) is 0 Å². The molecule has 3 heterocycles. The van der Waals surface area contributed by atoms with E-state index in [1.54, 1.807) is 35.3 Å². The SMILES string of the molecule is O=C(c1ccn(COc2ccc(Br)cc2Cl)n1)N1CCN(Cc2cccnc2)CC1. The first-order chi connectivity index (χ1) is 14.6. The van der Waals surface area contributed by atoms with Crippen molar-refractivity contribution in [2.45, 2.75) is 13.3 Å². The molecule has 156 valence electrons. The van der Waals surface area contributed by atoms with Gasteiger partial charge >= 0.3 is 0 Å². The molecule has 30 heavy (non-hydrogen) atoms. The lowest BCUT2D eigenvalue weighted by atomic mass is 10.2. The van der Waals surface area contributed by atoms with E-state index in [4.69, 9.17) is 16.3 Å². The Hall–Kier alpha value is -2.42. The molecular weight excluding hydrogens is 470 g/mol. The van der Waals surface area contributed by atoms with Crippen molar-refractivity contribution in [3.63, 3.8) is 0 Å². The lowest BCUT2D eigenvalue weighted by Crippen LogP contribution is -2.48. The predicted molar refractivity (Wildman–Crippen MR) is 117 cm³/mol. The van der Waals surface area contributed by atoms with E-state index < -0.39 is 0 Å². The topological polar surface area (TPSA) is 63.5 Å². The first-order valence-electron chi connectivity index (χ1n) is 9.60. The minimum Gasteiger partial charge on any atom is -0.470 e. The van der Waals surface area contributed by atoms with Crippen molar-refractivity contribution in [3.05, 3.63) is 75.7 Å². The monoisotopic (exact) mass is 489 g/mol. The summed E-state index contributed by atoms with van der Waals surface area (Å²) < 4.78 is 8.17. The fourth-order valence-corrected chi connectivity index (χ4v) is 4.02. The molecule has 4 rings (SSSR count). The van der Waals surface area contributed by atoms with Crippen LogP contribution in [0.3, 0.4) is 0 Å². The predicted octanol–water partition coefficient (Wildman–Crippen LogP) is 3.69. The van der Waals surface area contributed by atoms with Gasteiger partial charge in [0.2, 0.25) is 0 Å². The Labute approximate surface area is 188 Å². The molecule has 0 unspecified atom stereocenters. The quantitative estimate of drug-likeness (QED) is 0.527. The first kappa shape index (κ1) is 20.8. The molecule has 0 spiro atoms. The third kappa shape index (κ3) is 5.19. The molecule has 7 nitrogen and oxygen atoms in total. The van der Waals surface area contributed by atoms with Crippen LogP contribution < -0.4 is 4.74 Å². The molecule has 0 atom stereocenters. The van der Waals surface area contributed by atoms with E-state index in [1.165, 1.54) is 5.56 Å². The van der Waals surface area contributed by atoms with E-state index in [9.17, 15) is 4.79 Å². The van der Waals surface area contributed by atoms with Crippen LogP contribution in [0.4, 0.5) is 0 Å². The van der Waals surface area contributed by atoms with Gasteiger partial charge in [0.25, 0.3) is 5.91 Å². The third-order valence-electron chi connectivity index (χ3n) is 4.89. The lowest BCUT2D eigenvalue weighted by molar-refractivity contribution is 0.0620. The largest absolute Gasteiger partial charge is 0.470 e. The first-order valence-corrected chi connectivity index (χ1v) is 10.8. The van der Waals surface area contributed by atoms with Gasteiger partial charge in [-0.25, -0.2) is 4.68 Å². The minimum absolute atomic E-state index is 0.0588. The molecule has 3 aromatic rings. The summed E-state index contributed by atoms with van der Waals surface area (Å²) in [4.78, 5) is 21.1. The van der Waals surface area contributed by atoms with E-state index in [0.717, 1.165) is 24.1 Å². The van der Waals surface area contributed by atoms with Crippen molar-refractivity contribution in [2.24, 2.45) is 0 Å². The van der Waals surface area contributed by atoms with Crippen molar-refractivity contribution in [2.75, 3.05) is 26.2 Å². The summed E-state index contributed by atoms with van der Waals surface area (Å²) in [7, 11) is 0. The molecule has 1 aliphatic heterocycles. The summed E-state index contributed by atoms with van der Waals surface area (Å²) in [5.74, 6) is 0.504. The number of ether oxygens (including phenoxy) is 1. The van der Waals surface area contributed by atoms with Gasteiger partial charge in [0.1, 0.15) is 5.75 Å². The zero-order valence-corrected chi connectivity index (χ0v) is 18.6. The second-order valence-electron chi connectivity index (χ2n) is 7.02. The van der Waals surface area contributed by atoms with Crippen LogP contribution in [0.1, 0.15) is 16.1 Å². The van der Waals surface area contributed by atoms with Gasteiger partial charge in [-0.1, -0.05) is 33.6 Å². The highest BCUT2D eigenvalue weighted by Crippen LogP contribution is 2.27. The average Bonchev–Trinajstić information content (AvgIpc) is 3.23. The van der Waals surface area contributed by atoms with Crippen molar-refractivity contribution < 1.29 is 9.53 Å². The molecule has 1 aliphatic rings. The van der Waals surface area contributed by atoms with Crippen LogP contribution in [0.2, 0.25) is 5.02 Å². The number of hydrogen-bond acceptors (Lipinski definition) is 5. The molecular formula is C21H21BrClN5O2. The highest BCUT2D eigenvalue weighted by atomic mass is 79.9. The molecule has 0 radical (unpaired) electrons. The molecule has 0 saturated carbocycles. The number of piperazine rings is 1. The fourth-order valence-electron chi connectivity index (χ4n) is 3.30. The molecule has 2 aromatic heterocycles. The number of halogens is 2. The second-order valence-corrected chi connectivity index (χ2v) is 8.34. The van der Waals surface area contributed by atoms with E-state index in [1.807, 2.05) is 23.2 Å². The van der Waals surface area contributed by atoms with Crippen LogP contribution in [0.15, 0.2) is 59.5 Å². The number of amides is 1. The lowest BCUT2D eigenvalue weighted by Gasteiger charge is -2.34. The van der Waals surface area contributed by atoms with E-state index in [-0.39, 0.29) is 12.6 Å². The summed E-state index contributed by atoms with van der Waals surface area (Å²) in [5, 5.41) is 4.87. The number of rotatable bonds is 6. The Kier molecular flexibility index (Phi) is 6.66. The summed E-state index contributed by atoms with van der Waals surface area (Å²) in [6.45, 7) is 4.03. The van der Waals surface area contributed by atoms with Crippen molar-refractivity contribution in [3.8, 4) is 5.75 Å². The standard InChI is InChI=1S/C21H21BrClN5O2/c22-17-3-4-20(18(23)12-17)30-15-28-7-5-19(25-28)21(29)27-10-8-26(9-11-27)14-16-2-1-6-24-13-16/h1-7,12-13H,8-11,14-15H2. The Morgan fingerprint density at radius 3 is 2.73 bits per heavy atom. The van der Waals surface area contributed by atoms with Crippen LogP contribution >= 0.6 is 27.5 Å². The summed E-state index contributed by atoms with van der Waals surface area (Å²) in [6.07, 6.45) is 5.39. The van der Waals surface area contributed by atoms with Gasteiger partial charge in [-0.05, 0) is 35.9 Å². The molecule has 1 saturated heterocycles. The van der Waals surface area contributed by atoms with Gasteiger partial charge in [-0.2, -0.15) is 5.10 Å². The van der Waals surface area contributed by atoms with Gasteiger partial charge in [0.05, 0.1) is 5.02 Å². The molecule has 9 heteroatoms. The van der Waals surface area contributed by atoms with Gasteiger partial charge < -0.3 is 9.64 Å². The molecule has 1 aromatic carbocycles. The maximum atomic E-state index is 12.8. The highest BCUT2D eigenvalue weighted by molar-refractivity contribution is 9.10. The highest BCUT2D eigenvalue weighted by Gasteiger charge is 2.23. The van der Waals surface area contributed by atoms with Crippen molar-refractivity contribution in [1.29, 1.82) is 0 Å². The summed E-state index contributed by atoms with van der Waals surface area (Å²) in [6, 6.07) is 11.1. The number of aromatic nitrogens is 3. The van der Waals surface area contributed by atoms with Gasteiger partial charge in [0.15, 0.2) is 12.4 Å². The van der Waals surface area contributed by atoms with Crippen molar-refractivity contribution in [1.82, 2.24) is 24.6 Å². The Balaban J connectivity index is 1.29. The number of nitrogens with zero attached hydrogens (tertiary/aromatic N) is 5. The average molecular weight is 491 g/mol. The Morgan fingerprint density at radius 2 is 2.00 bits per heavy atom. The van der Waals surface area contributed by atoms with E-state index in [0.29, 0.717) is 29.6 Å².